The summed E-state index contributed by atoms with van der Waals surface area (Å²) in [6, 6.07) is 5.45. The number of nitrogens with two attached hydrogens (primary N) is 1. The molecule has 2 nitrogen and oxygen atoms in total. The molecule has 0 atom stereocenters. The lowest BCUT2D eigenvalue weighted by molar-refractivity contribution is 0.0980. The van der Waals surface area contributed by atoms with Gasteiger partial charge in [-0.15, -0.1) is 0 Å². The molecule has 0 bridgehead atoms. The summed E-state index contributed by atoms with van der Waals surface area (Å²) in [6.45, 7) is 2.21. The van der Waals surface area contributed by atoms with Gasteiger partial charge in [0.25, 0.3) is 0 Å². The molecule has 0 heterocycles. The molecule has 0 aromatic heterocycles. The fourth-order valence-corrected chi connectivity index (χ4v) is 2.33. The van der Waals surface area contributed by atoms with E-state index in [1.54, 1.807) is 6.07 Å². The minimum Gasteiger partial charge on any atom is -0.398 e. The topological polar surface area (TPSA) is 43.1 Å². The molecule has 0 aliphatic rings. The number of benzene rings is 1. The van der Waals surface area contributed by atoms with Crippen molar-refractivity contribution in [3.8, 4) is 0 Å². The minimum atomic E-state index is 0.157. The van der Waals surface area contributed by atoms with Crippen molar-refractivity contribution in [1.82, 2.24) is 0 Å². The average Bonchev–Trinajstić information content (AvgIpc) is 2.36. The Kier molecular flexibility index (Phi) is 7.02. The van der Waals surface area contributed by atoms with Gasteiger partial charge in [-0.3, -0.25) is 4.79 Å². The smallest absolute Gasteiger partial charge is 0.164 e. The highest BCUT2D eigenvalue weighted by molar-refractivity contribution is 9.10. The van der Waals surface area contributed by atoms with Gasteiger partial charge in [0.15, 0.2) is 5.78 Å². The van der Waals surface area contributed by atoms with E-state index in [0.717, 1.165) is 17.3 Å². The van der Waals surface area contributed by atoms with Crippen molar-refractivity contribution < 1.29 is 4.79 Å². The molecule has 0 unspecified atom stereocenters. The van der Waals surface area contributed by atoms with Crippen molar-refractivity contribution in [2.24, 2.45) is 0 Å². The second-order valence-electron chi connectivity index (χ2n) is 4.67. The highest BCUT2D eigenvalue weighted by Gasteiger charge is 2.09. The molecule has 1 rings (SSSR count). The van der Waals surface area contributed by atoms with Crippen molar-refractivity contribution in [1.29, 1.82) is 0 Å². The van der Waals surface area contributed by atoms with E-state index in [2.05, 4.69) is 22.9 Å². The van der Waals surface area contributed by atoms with Crippen LogP contribution in [0.4, 0.5) is 5.69 Å². The molecule has 0 radical (unpaired) electrons. The van der Waals surface area contributed by atoms with E-state index in [1.165, 1.54) is 25.7 Å². The van der Waals surface area contributed by atoms with Gasteiger partial charge in [-0.05, 0) is 24.6 Å². The molecule has 3 heteroatoms. The molecular weight excluding hydrogens is 290 g/mol. The number of anilines is 1. The standard InChI is InChI=1S/C15H22BrNO/c1-2-3-4-5-6-7-8-15(18)13-11-12(16)9-10-14(13)17/h9-11H,2-8,17H2,1H3. The van der Waals surface area contributed by atoms with Crippen LogP contribution in [0.1, 0.15) is 62.2 Å². The highest BCUT2D eigenvalue weighted by Crippen LogP contribution is 2.21. The van der Waals surface area contributed by atoms with Crippen LogP contribution in [0.3, 0.4) is 0 Å². The summed E-state index contributed by atoms with van der Waals surface area (Å²) in [5.41, 5.74) is 7.05. The summed E-state index contributed by atoms with van der Waals surface area (Å²) < 4.78 is 0.906. The molecule has 18 heavy (non-hydrogen) atoms. The predicted octanol–water partition coefficient (Wildman–Crippen LogP) is 4.96. The van der Waals surface area contributed by atoms with Crippen LogP contribution in [-0.4, -0.2) is 5.78 Å². The van der Waals surface area contributed by atoms with Gasteiger partial charge in [0.1, 0.15) is 0 Å². The first-order valence-corrected chi connectivity index (χ1v) is 7.52. The quantitative estimate of drug-likeness (QED) is 0.418. The van der Waals surface area contributed by atoms with E-state index in [9.17, 15) is 4.79 Å². The summed E-state index contributed by atoms with van der Waals surface area (Å²) >= 11 is 3.37. The second kappa shape index (κ2) is 8.30. The Labute approximate surface area is 118 Å². The van der Waals surface area contributed by atoms with Gasteiger partial charge in [0.2, 0.25) is 0 Å². The Morgan fingerprint density at radius 2 is 1.83 bits per heavy atom. The Morgan fingerprint density at radius 1 is 1.17 bits per heavy atom. The second-order valence-corrected chi connectivity index (χ2v) is 5.59. The van der Waals surface area contributed by atoms with Crippen molar-refractivity contribution in [3.63, 3.8) is 0 Å². The molecule has 100 valence electrons. The number of Topliss-reactive ketones (excluding diaryl/α,β-unsaturated/α-hetero) is 1. The lowest BCUT2D eigenvalue weighted by atomic mass is 10.0. The van der Waals surface area contributed by atoms with Crippen LogP contribution in [0.2, 0.25) is 0 Å². The third-order valence-electron chi connectivity index (χ3n) is 3.07. The Hall–Kier alpha value is -0.830. The lowest BCUT2D eigenvalue weighted by Gasteiger charge is -2.05. The third-order valence-corrected chi connectivity index (χ3v) is 3.57. The maximum atomic E-state index is 12.0. The number of hydrogen-bond donors (Lipinski definition) is 1. The number of hydrogen-bond acceptors (Lipinski definition) is 2. The number of carbonyl (C=O) groups excluding carboxylic acids is 1. The molecule has 1 aromatic rings. The largest absolute Gasteiger partial charge is 0.398 e. The Bertz CT molecular complexity index is 390. The van der Waals surface area contributed by atoms with Crippen LogP contribution in [0.25, 0.3) is 0 Å². The molecule has 0 amide bonds. The van der Waals surface area contributed by atoms with Gasteiger partial charge < -0.3 is 5.73 Å². The van der Waals surface area contributed by atoms with E-state index in [-0.39, 0.29) is 5.78 Å². The predicted molar refractivity (Wildman–Crippen MR) is 80.9 cm³/mol. The summed E-state index contributed by atoms with van der Waals surface area (Å²) in [6.07, 6.45) is 7.78. The first kappa shape index (κ1) is 15.2. The minimum absolute atomic E-state index is 0.157. The molecule has 0 saturated carbocycles. The van der Waals surface area contributed by atoms with Crippen molar-refractivity contribution in [3.05, 3.63) is 28.2 Å². The summed E-state index contributed by atoms with van der Waals surface area (Å²) in [4.78, 5) is 12.0. The fourth-order valence-electron chi connectivity index (χ4n) is 1.97. The van der Waals surface area contributed by atoms with E-state index < -0.39 is 0 Å². The summed E-state index contributed by atoms with van der Waals surface area (Å²) in [5.74, 6) is 0.157. The first-order valence-electron chi connectivity index (χ1n) is 6.73. The fraction of sp³-hybridized carbons (Fsp3) is 0.533. The van der Waals surface area contributed by atoms with E-state index in [1.807, 2.05) is 12.1 Å². The van der Waals surface area contributed by atoms with Crippen LogP contribution < -0.4 is 5.73 Å². The number of unbranched alkanes of at least 4 members (excludes halogenated alkanes) is 5. The van der Waals surface area contributed by atoms with Crippen LogP contribution in [0.5, 0.6) is 0 Å². The zero-order chi connectivity index (χ0) is 13.4. The molecule has 1 aromatic carbocycles. The maximum absolute atomic E-state index is 12.0. The van der Waals surface area contributed by atoms with Crippen molar-refractivity contribution in [2.45, 2.75) is 51.9 Å². The van der Waals surface area contributed by atoms with Crippen molar-refractivity contribution in [2.75, 3.05) is 5.73 Å². The van der Waals surface area contributed by atoms with Crippen LogP contribution in [-0.2, 0) is 0 Å². The van der Waals surface area contributed by atoms with E-state index in [4.69, 9.17) is 5.73 Å². The Morgan fingerprint density at radius 3 is 2.56 bits per heavy atom. The number of carbonyl (C=O) groups is 1. The van der Waals surface area contributed by atoms with Crippen molar-refractivity contribution >= 4 is 27.4 Å². The van der Waals surface area contributed by atoms with Crippen LogP contribution in [0.15, 0.2) is 22.7 Å². The zero-order valence-electron chi connectivity index (χ0n) is 11.0. The molecule has 2 N–H and O–H groups in total. The monoisotopic (exact) mass is 311 g/mol. The van der Waals surface area contributed by atoms with Gasteiger partial charge in [0.05, 0.1) is 0 Å². The number of rotatable bonds is 8. The van der Waals surface area contributed by atoms with Crippen LogP contribution in [0, 0.1) is 0 Å². The summed E-state index contributed by atoms with van der Waals surface area (Å²) in [5, 5.41) is 0. The SMILES string of the molecule is CCCCCCCCC(=O)c1cc(Br)ccc1N. The molecular formula is C15H22BrNO. The highest BCUT2D eigenvalue weighted by atomic mass is 79.9. The normalized spacial score (nSPS) is 10.6. The van der Waals surface area contributed by atoms with E-state index >= 15 is 0 Å². The van der Waals surface area contributed by atoms with Gasteiger partial charge in [0, 0.05) is 22.1 Å². The number of halogens is 1. The average molecular weight is 312 g/mol. The van der Waals surface area contributed by atoms with Gasteiger partial charge in [-0.1, -0.05) is 55.0 Å². The summed E-state index contributed by atoms with van der Waals surface area (Å²) in [7, 11) is 0. The number of nitrogen functional groups attached to an aromatic ring is 1. The first-order chi connectivity index (χ1) is 8.65. The zero-order valence-corrected chi connectivity index (χ0v) is 12.6. The Balaban J connectivity index is 2.34. The number of ketones is 1. The maximum Gasteiger partial charge on any atom is 0.164 e. The molecule has 0 aliphatic carbocycles. The molecule has 0 saturated heterocycles. The van der Waals surface area contributed by atoms with Gasteiger partial charge in [-0.2, -0.15) is 0 Å². The van der Waals surface area contributed by atoms with Gasteiger partial charge >= 0.3 is 0 Å². The van der Waals surface area contributed by atoms with Gasteiger partial charge in [-0.25, -0.2) is 0 Å². The lowest BCUT2D eigenvalue weighted by Crippen LogP contribution is -2.03. The molecule has 0 spiro atoms. The van der Waals surface area contributed by atoms with Crippen LogP contribution >= 0.6 is 15.9 Å². The molecule has 0 aliphatic heterocycles. The third kappa shape index (κ3) is 5.21. The molecule has 0 fully saturated rings. The van der Waals surface area contributed by atoms with E-state index in [0.29, 0.717) is 17.7 Å².